The van der Waals surface area contributed by atoms with Gasteiger partial charge in [-0.2, -0.15) is 0 Å². The summed E-state index contributed by atoms with van der Waals surface area (Å²) >= 11 is 0. The molecule has 0 saturated carbocycles. The van der Waals surface area contributed by atoms with Gasteiger partial charge in [-0.05, 0) is 12.1 Å². The minimum Gasteiger partial charge on any atom is -0.348 e. The molecule has 112 valence electrons. The van der Waals surface area contributed by atoms with Gasteiger partial charge in [-0.25, -0.2) is 8.78 Å². The fourth-order valence-electron chi connectivity index (χ4n) is 1.21. The Morgan fingerprint density at radius 2 is 1.75 bits per heavy atom. The van der Waals surface area contributed by atoms with E-state index in [0.29, 0.717) is 5.56 Å². The van der Waals surface area contributed by atoms with E-state index >= 15 is 0 Å². The van der Waals surface area contributed by atoms with E-state index in [9.17, 15) is 18.4 Å². The first-order chi connectivity index (χ1) is 8.94. The van der Waals surface area contributed by atoms with Gasteiger partial charge in [0.05, 0.1) is 19.6 Å². The van der Waals surface area contributed by atoms with Gasteiger partial charge in [-0.3, -0.25) is 9.59 Å². The van der Waals surface area contributed by atoms with Crippen LogP contribution in [0.5, 0.6) is 0 Å². The monoisotopic (exact) mass is 307 g/mol. The lowest BCUT2D eigenvalue weighted by atomic mass is 10.2. The summed E-state index contributed by atoms with van der Waals surface area (Å²) in [5.41, 5.74) is 5.21. The van der Waals surface area contributed by atoms with Crippen molar-refractivity contribution in [1.29, 1.82) is 0 Å². The van der Waals surface area contributed by atoms with Crippen LogP contribution >= 0.6 is 12.4 Å². The molecule has 0 atom stereocenters. The Bertz CT molecular complexity index is 444. The predicted octanol–water partition coefficient (Wildman–Crippen LogP) is 0.548. The van der Waals surface area contributed by atoms with Crippen molar-refractivity contribution in [3.8, 4) is 0 Å². The summed E-state index contributed by atoms with van der Waals surface area (Å²) in [5, 5.41) is 4.32. The van der Waals surface area contributed by atoms with Crippen molar-refractivity contribution in [1.82, 2.24) is 10.6 Å². The van der Waals surface area contributed by atoms with Crippen LogP contribution in [0.3, 0.4) is 0 Å². The van der Waals surface area contributed by atoms with E-state index < -0.39 is 30.8 Å². The fraction of sp³-hybridized carbons (Fsp3) is 0.333. The lowest BCUT2D eigenvalue weighted by Crippen LogP contribution is -2.45. The Balaban J connectivity index is 0.00000361. The Hall–Kier alpha value is -1.73. The topological polar surface area (TPSA) is 84.2 Å². The minimum absolute atomic E-state index is 0. The maximum absolute atomic E-state index is 12.7. The molecule has 4 N–H and O–H groups in total. The highest BCUT2D eigenvalue weighted by atomic mass is 35.5. The molecular formula is C12H16ClF2N3O2. The Labute approximate surface area is 121 Å². The molecule has 1 aromatic rings. The number of amides is 2. The molecule has 0 bridgehead atoms. The third-order valence-electron chi connectivity index (χ3n) is 2.29. The van der Waals surface area contributed by atoms with Gasteiger partial charge in [0.15, 0.2) is 0 Å². The number of benzene rings is 1. The van der Waals surface area contributed by atoms with E-state index in [0.717, 1.165) is 0 Å². The molecule has 5 nitrogen and oxygen atoms in total. The quantitative estimate of drug-likeness (QED) is 0.717. The molecule has 1 rings (SSSR count). The van der Waals surface area contributed by atoms with Crippen LogP contribution in [-0.2, 0) is 4.79 Å². The van der Waals surface area contributed by atoms with Crippen LogP contribution in [0.15, 0.2) is 30.3 Å². The number of hydrogen-bond donors (Lipinski definition) is 3. The number of nitrogens with one attached hydrogen (secondary N) is 2. The van der Waals surface area contributed by atoms with Crippen molar-refractivity contribution in [3.63, 3.8) is 0 Å². The first kappa shape index (κ1) is 18.3. The van der Waals surface area contributed by atoms with E-state index in [1.165, 1.54) is 0 Å². The van der Waals surface area contributed by atoms with Crippen LogP contribution in [-0.4, -0.2) is 37.4 Å². The predicted molar refractivity (Wildman–Crippen MR) is 73.0 cm³/mol. The van der Waals surface area contributed by atoms with Crippen LogP contribution in [0.2, 0.25) is 0 Å². The molecule has 0 aliphatic carbocycles. The van der Waals surface area contributed by atoms with E-state index in [-0.39, 0.29) is 19.0 Å². The van der Waals surface area contributed by atoms with E-state index in [2.05, 4.69) is 5.32 Å². The van der Waals surface area contributed by atoms with Gasteiger partial charge in [-0.1, -0.05) is 18.2 Å². The van der Waals surface area contributed by atoms with Gasteiger partial charge >= 0.3 is 0 Å². The molecule has 2 amide bonds. The van der Waals surface area contributed by atoms with Crippen molar-refractivity contribution >= 4 is 24.2 Å². The largest absolute Gasteiger partial charge is 0.348 e. The molecule has 0 aromatic heterocycles. The fourth-order valence-corrected chi connectivity index (χ4v) is 1.21. The van der Waals surface area contributed by atoms with Crippen LogP contribution in [0.1, 0.15) is 10.4 Å². The smallest absolute Gasteiger partial charge is 0.277 e. The maximum atomic E-state index is 12.7. The summed E-state index contributed by atoms with van der Waals surface area (Å²) in [6.45, 7) is -2.05. The van der Waals surface area contributed by atoms with E-state index in [1.54, 1.807) is 30.3 Å². The van der Waals surface area contributed by atoms with E-state index in [1.807, 2.05) is 5.32 Å². The average molecular weight is 308 g/mol. The van der Waals surface area contributed by atoms with Crippen LogP contribution in [0, 0.1) is 0 Å². The first-order valence-corrected chi connectivity index (χ1v) is 5.62. The zero-order valence-electron chi connectivity index (χ0n) is 10.6. The highest BCUT2D eigenvalue weighted by molar-refractivity contribution is 5.96. The summed E-state index contributed by atoms with van der Waals surface area (Å²) in [7, 11) is 0. The Kier molecular flexibility index (Phi) is 7.71. The summed E-state index contributed by atoms with van der Waals surface area (Å²) in [5.74, 6) is -4.28. The summed E-state index contributed by atoms with van der Waals surface area (Å²) in [4.78, 5) is 22.8. The number of carbonyl (C=O) groups excluding carboxylic acids is 2. The van der Waals surface area contributed by atoms with Crippen molar-refractivity contribution < 1.29 is 18.4 Å². The number of carbonyl (C=O) groups is 2. The third kappa shape index (κ3) is 6.44. The van der Waals surface area contributed by atoms with Crippen LogP contribution in [0.25, 0.3) is 0 Å². The lowest BCUT2D eigenvalue weighted by molar-refractivity contribution is -0.121. The number of hydrogen-bond acceptors (Lipinski definition) is 3. The van der Waals surface area contributed by atoms with Gasteiger partial charge in [0.1, 0.15) is 0 Å². The zero-order valence-corrected chi connectivity index (χ0v) is 11.4. The molecule has 0 aliphatic heterocycles. The zero-order chi connectivity index (χ0) is 14.3. The standard InChI is InChI=1S/C12H15F2N3O2.ClH/c13-12(14,7-15)8-17-10(18)6-16-11(19)9-4-2-1-3-5-9;/h1-5H,6-8,15H2,(H,16,19)(H,17,18);1H. The number of halogens is 3. The number of alkyl halides is 2. The molecule has 1 aromatic carbocycles. The maximum Gasteiger partial charge on any atom is 0.277 e. The van der Waals surface area contributed by atoms with Crippen molar-refractivity contribution in [2.45, 2.75) is 5.92 Å². The normalized spacial score (nSPS) is 10.3. The first-order valence-electron chi connectivity index (χ1n) is 5.62. The van der Waals surface area contributed by atoms with Crippen LogP contribution < -0.4 is 16.4 Å². The second kappa shape index (κ2) is 8.44. The molecule has 0 aliphatic rings. The second-order valence-corrected chi connectivity index (χ2v) is 3.89. The van der Waals surface area contributed by atoms with Gasteiger partial charge in [-0.15, -0.1) is 12.4 Å². The number of nitrogens with two attached hydrogens (primary N) is 1. The molecule has 0 radical (unpaired) electrons. The number of rotatable bonds is 6. The molecule has 0 unspecified atom stereocenters. The molecule has 0 spiro atoms. The summed E-state index contributed by atoms with van der Waals surface area (Å²) in [6, 6.07) is 8.26. The molecule has 20 heavy (non-hydrogen) atoms. The lowest BCUT2D eigenvalue weighted by Gasteiger charge is -2.14. The molecule has 8 heteroatoms. The van der Waals surface area contributed by atoms with Crippen molar-refractivity contribution in [2.75, 3.05) is 19.6 Å². The highest BCUT2D eigenvalue weighted by Crippen LogP contribution is 2.08. The molecule has 0 saturated heterocycles. The summed E-state index contributed by atoms with van der Waals surface area (Å²) < 4.78 is 25.5. The Morgan fingerprint density at radius 3 is 2.30 bits per heavy atom. The highest BCUT2D eigenvalue weighted by Gasteiger charge is 2.27. The van der Waals surface area contributed by atoms with Gasteiger partial charge < -0.3 is 16.4 Å². The Morgan fingerprint density at radius 1 is 1.15 bits per heavy atom. The van der Waals surface area contributed by atoms with Crippen molar-refractivity contribution in [2.24, 2.45) is 5.73 Å². The average Bonchev–Trinajstić information content (AvgIpc) is 2.43. The molecule has 0 fully saturated rings. The SMILES string of the molecule is Cl.NCC(F)(F)CNC(=O)CNC(=O)c1ccccc1. The van der Waals surface area contributed by atoms with Crippen molar-refractivity contribution in [3.05, 3.63) is 35.9 Å². The van der Waals surface area contributed by atoms with Gasteiger partial charge in [0.25, 0.3) is 11.8 Å². The minimum atomic E-state index is -3.14. The summed E-state index contributed by atoms with van der Waals surface area (Å²) in [6.07, 6.45) is 0. The molecule has 0 heterocycles. The third-order valence-corrected chi connectivity index (χ3v) is 2.29. The van der Waals surface area contributed by atoms with Crippen LogP contribution in [0.4, 0.5) is 8.78 Å². The van der Waals surface area contributed by atoms with E-state index in [4.69, 9.17) is 5.73 Å². The second-order valence-electron chi connectivity index (χ2n) is 3.89. The van der Waals surface area contributed by atoms with Gasteiger partial charge in [0, 0.05) is 5.56 Å². The molecular weight excluding hydrogens is 292 g/mol. The van der Waals surface area contributed by atoms with Gasteiger partial charge in [0.2, 0.25) is 5.91 Å².